The van der Waals surface area contributed by atoms with E-state index in [1.54, 1.807) is 14.2 Å². The second-order valence-corrected chi connectivity index (χ2v) is 3.63. The zero-order chi connectivity index (χ0) is 12.0. The number of Topliss-reactive ketones (excluding diaryl/α,β-unsaturated/α-hetero) is 1. The summed E-state index contributed by atoms with van der Waals surface area (Å²) in [5.41, 5.74) is 0.958. The van der Waals surface area contributed by atoms with Crippen molar-refractivity contribution in [3.05, 3.63) is 29.8 Å². The first kappa shape index (κ1) is 12.7. The highest BCUT2D eigenvalue weighted by molar-refractivity contribution is 5.85. The third kappa shape index (κ3) is 3.35. The van der Waals surface area contributed by atoms with E-state index >= 15 is 0 Å². The molecule has 3 heteroatoms. The third-order valence-electron chi connectivity index (χ3n) is 2.53. The van der Waals surface area contributed by atoms with E-state index in [9.17, 15) is 4.79 Å². The van der Waals surface area contributed by atoms with Gasteiger partial charge in [-0.1, -0.05) is 19.1 Å². The fourth-order valence-corrected chi connectivity index (χ4v) is 1.62. The summed E-state index contributed by atoms with van der Waals surface area (Å²) in [5, 5.41) is 0. The van der Waals surface area contributed by atoms with Crippen molar-refractivity contribution in [3.63, 3.8) is 0 Å². The third-order valence-corrected chi connectivity index (χ3v) is 2.53. The Morgan fingerprint density at radius 2 is 2.12 bits per heavy atom. The van der Waals surface area contributed by atoms with E-state index in [2.05, 4.69) is 0 Å². The van der Waals surface area contributed by atoms with Crippen LogP contribution in [0.4, 0.5) is 0 Å². The molecule has 0 heterocycles. The minimum Gasteiger partial charge on any atom is -0.497 e. The predicted molar refractivity (Wildman–Crippen MR) is 62.8 cm³/mol. The fraction of sp³-hybridized carbons (Fsp3) is 0.462. The standard InChI is InChI=1S/C13H18O3/c1-4-13(16-3)12(14)9-10-6-5-7-11(8-10)15-2/h5-8,13H,4,9H2,1-3H3. The first-order valence-corrected chi connectivity index (χ1v) is 5.39. The molecule has 0 amide bonds. The lowest BCUT2D eigenvalue weighted by Gasteiger charge is -2.11. The summed E-state index contributed by atoms with van der Waals surface area (Å²) in [6.45, 7) is 1.94. The van der Waals surface area contributed by atoms with Gasteiger partial charge in [-0.25, -0.2) is 0 Å². The van der Waals surface area contributed by atoms with Gasteiger partial charge in [0.15, 0.2) is 5.78 Å². The average molecular weight is 222 g/mol. The van der Waals surface area contributed by atoms with E-state index in [1.807, 2.05) is 31.2 Å². The van der Waals surface area contributed by atoms with Crippen LogP contribution in [0.1, 0.15) is 18.9 Å². The van der Waals surface area contributed by atoms with Gasteiger partial charge >= 0.3 is 0 Å². The van der Waals surface area contributed by atoms with Crippen molar-refractivity contribution in [2.45, 2.75) is 25.9 Å². The summed E-state index contributed by atoms with van der Waals surface area (Å²) in [6, 6.07) is 7.54. The zero-order valence-corrected chi connectivity index (χ0v) is 10.0. The van der Waals surface area contributed by atoms with Crippen molar-refractivity contribution in [1.82, 2.24) is 0 Å². The van der Waals surface area contributed by atoms with Gasteiger partial charge in [0.05, 0.1) is 7.11 Å². The van der Waals surface area contributed by atoms with E-state index in [1.165, 1.54) is 0 Å². The summed E-state index contributed by atoms with van der Waals surface area (Å²) in [6.07, 6.45) is 0.800. The molecule has 0 aliphatic heterocycles. The van der Waals surface area contributed by atoms with Gasteiger partial charge in [0.2, 0.25) is 0 Å². The van der Waals surface area contributed by atoms with Gasteiger partial charge < -0.3 is 9.47 Å². The van der Waals surface area contributed by atoms with E-state index in [4.69, 9.17) is 9.47 Å². The Morgan fingerprint density at radius 1 is 1.38 bits per heavy atom. The minimum absolute atomic E-state index is 0.109. The van der Waals surface area contributed by atoms with Crippen molar-refractivity contribution in [1.29, 1.82) is 0 Å². The molecule has 0 radical (unpaired) electrons. The van der Waals surface area contributed by atoms with Crippen LogP contribution < -0.4 is 4.74 Å². The number of ketones is 1. The molecule has 0 bridgehead atoms. The fourth-order valence-electron chi connectivity index (χ4n) is 1.62. The van der Waals surface area contributed by atoms with Crippen LogP contribution in [0.25, 0.3) is 0 Å². The Balaban J connectivity index is 2.68. The van der Waals surface area contributed by atoms with Crippen LogP contribution in [0.5, 0.6) is 5.75 Å². The van der Waals surface area contributed by atoms with Crippen LogP contribution in [0.3, 0.4) is 0 Å². The van der Waals surface area contributed by atoms with Gasteiger partial charge in [0.1, 0.15) is 11.9 Å². The largest absolute Gasteiger partial charge is 0.497 e. The smallest absolute Gasteiger partial charge is 0.165 e. The summed E-state index contributed by atoms with van der Waals surface area (Å²) in [7, 11) is 3.18. The Morgan fingerprint density at radius 3 is 2.69 bits per heavy atom. The number of hydrogen-bond acceptors (Lipinski definition) is 3. The maximum atomic E-state index is 11.8. The first-order chi connectivity index (χ1) is 7.71. The Hall–Kier alpha value is -1.35. The van der Waals surface area contributed by atoms with Gasteiger partial charge in [-0.15, -0.1) is 0 Å². The van der Waals surface area contributed by atoms with Crippen LogP contribution >= 0.6 is 0 Å². The van der Waals surface area contributed by atoms with Crippen LogP contribution in [0.2, 0.25) is 0 Å². The van der Waals surface area contributed by atoms with E-state index < -0.39 is 0 Å². The number of hydrogen-bond donors (Lipinski definition) is 0. The van der Waals surface area contributed by atoms with E-state index in [0.29, 0.717) is 12.8 Å². The van der Waals surface area contributed by atoms with Crippen molar-refractivity contribution in [2.75, 3.05) is 14.2 Å². The van der Waals surface area contributed by atoms with Crippen molar-refractivity contribution in [2.24, 2.45) is 0 Å². The molecule has 0 saturated heterocycles. The van der Waals surface area contributed by atoms with Gasteiger partial charge in [-0.2, -0.15) is 0 Å². The van der Waals surface area contributed by atoms with Crippen LogP contribution in [-0.2, 0) is 16.0 Å². The number of carbonyl (C=O) groups excluding carboxylic acids is 1. The van der Waals surface area contributed by atoms with Gasteiger partial charge in [0.25, 0.3) is 0 Å². The summed E-state index contributed by atoms with van der Waals surface area (Å²) in [4.78, 5) is 11.8. The molecule has 88 valence electrons. The number of methoxy groups -OCH3 is 2. The highest BCUT2D eigenvalue weighted by atomic mass is 16.5. The lowest BCUT2D eigenvalue weighted by molar-refractivity contribution is -0.128. The predicted octanol–water partition coefficient (Wildman–Crippen LogP) is 2.23. The first-order valence-electron chi connectivity index (χ1n) is 5.39. The quantitative estimate of drug-likeness (QED) is 0.740. The highest BCUT2D eigenvalue weighted by Gasteiger charge is 2.15. The lowest BCUT2D eigenvalue weighted by Crippen LogP contribution is -2.23. The molecule has 0 aliphatic carbocycles. The molecule has 1 rings (SSSR count). The number of carbonyl (C=O) groups is 1. The molecule has 1 aromatic rings. The van der Waals surface area contributed by atoms with Gasteiger partial charge in [-0.3, -0.25) is 4.79 Å². The Labute approximate surface area is 96.4 Å². The molecular weight excluding hydrogens is 204 g/mol. The Kier molecular flexibility index (Phi) is 4.99. The van der Waals surface area contributed by atoms with Gasteiger partial charge in [0, 0.05) is 13.5 Å². The molecule has 0 saturated carbocycles. The van der Waals surface area contributed by atoms with Crippen LogP contribution in [0, 0.1) is 0 Å². The molecule has 0 aromatic heterocycles. The number of rotatable bonds is 6. The van der Waals surface area contributed by atoms with E-state index in [0.717, 1.165) is 11.3 Å². The summed E-state index contributed by atoms with van der Waals surface area (Å²) in [5.74, 6) is 0.883. The van der Waals surface area contributed by atoms with Crippen LogP contribution in [-0.4, -0.2) is 26.1 Å². The average Bonchev–Trinajstić information content (AvgIpc) is 2.31. The molecule has 1 atom stereocenters. The molecule has 0 N–H and O–H groups in total. The lowest BCUT2D eigenvalue weighted by atomic mass is 10.0. The van der Waals surface area contributed by atoms with E-state index in [-0.39, 0.29) is 11.9 Å². The minimum atomic E-state index is -0.300. The van der Waals surface area contributed by atoms with Crippen molar-refractivity contribution < 1.29 is 14.3 Å². The summed E-state index contributed by atoms with van der Waals surface area (Å²) >= 11 is 0. The summed E-state index contributed by atoms with van der Waals surface area (Å²) < 4.78 is 10.2. The molecule has 1 unspecified atom stereocenters. The van der Waals surface area contributed by atoms with Crippen LogP contribution in [0.15, 0.2) is 24.3 Å². The SMILES string of the molecule is CCC(OC)C(=O)Cc1cccc(OC)c1. The highest BCUT2D eigenvalue weighted by Crippen LogP contribution is 2.14. The molecule has 0 fully saturated rings. The molecule has 1 aromatic carbocycles. The van der Waals surface area contributed by atoms with Gasteiger partial charge in [-0.05, 0) is 24.1 Å². The maximum absolute atomic E-state index is 11.8. The second kappa shape index (κ2) is 6.28. The Bertz CT molecular complexity index is 343. The number of benzene rings is 1. The normalized spacial score (nSPS) is 12.2. The molecule has 3 nitrogen and oxygen atoms in total. The molecule has 0 aliphatic rings. The molecule has 16 heavy (non-hydrogen) atoms. The second-order valence-electron chi connectivity index (χ2n) is 3.63. The zero-order valence-electron chi connectivity index (χ0n) is 10.0. The topological polar surface area (TPSA) is 35.5 Å². The monoisotopic (exact) mass is 222 g/mol. The maximum Gasteiger partial charge on any atom is 0.165 e. The molecule has 0 spiro atoms. The number of ether oxygens (including phenoxy) is 2. The van der Waals surface area contributed by atoms with Crippen molar-refractivity contribution >= 4 is 5.78 Å². The molecular formula is C13H18O3. The van der Waals surface area contributed by atoms with Crippen molar-refractivity contribution in [3.8, 4) is 5.75 Å².